The molecule has 0 saturated carbocycles. The minimum absolute atomic E-state index is 0.0656. The van der Waals surface area contributed by atoms with Crippen molar-refractivity contribution in [1.29, 1.82) is 0 Å². The SMILES string of the molecule is Cc1cccc(C)c1OCc1ncc(C(=O)O)cn1. The van der Waals surface area contributed by atoms with Crippen molar-refractivity contribution in [3.8, 4) is 5.75 Å². The molecule has 98 valence electrons. The fourth-order valence-electron chi connectivity index (χ4n) is 1.70. The minimum atomic E-state index is -1.04. The molecule has 1 heterocycles. The summed E-state index contributed by atoms with van der Waals surface area (Å²) in [5, 5.41) is 8.75. The highest BCUT2D eigenvalue weighted by Gasteiger charge is 2.07. The topological polar surface area (TPSA) is 72.3 Å². The molecule has 0 aliphatic heterocycles. The number of rotatable bonds is 4. The number of hydrogen-bond acceptors (Lipinski definition) is 4. The summed E-state index contributed by atoms with van der Waals surface area (Å²) in [5.74, 6) is 0.225. The number of carboxylic acids is 1. The number of aromatic carboxylic acids is 1. The van der Waals surface area contributed by atoms with E-state index in [0.717, 1.165) is 16.9 Å². The molecule has 5 heteroatoms. The predicted octanol–water partition coefficient (Wildman–Crippen LogP) is 2.37. The zero-order chi connectivity index (χ0) is 13.8. The molecule has 0 atom stereocenters. The van der Waals surface area contributed by atoms with Crippen LogP contribution in [0.25, 0.3) is 0 Å². The van der Waals surface area contributed by atoms with Gasteiger partial charge in [0.05, 0.1) is 5.56 Å². The Balaban J connectivity index is 2.08. The molecule has 2 rings (SSSR count). The van der Waals surface area contributed by atoms with Gasteiger partial charge in [0.2, 0.25) is 0 Å². The molecule has 1 aromatic carbocycles. The van der Waals surface area contributed by atoms with Crippen molar-refractivity contribution in [3.63, 3.8) is 0 Å². The van der Waals surface area contributed by atoms with E-state index in [1.54, 1.807) is 0 Å². The van der Waals surface area contributed by atoms with E-state index in [2.05, 4.69) is 9.97 Å². The number of aryl methyl sites for hydroxylation is 2. The summed E-state index contributed by atoms with van der Waals surface area (Å²) >= 11 is 0. The molecular weight excluding hydrogens is 244 g/mol. The highest BCUT2D eigenvalue weighted by atomic mass is 16.5. The Hall–Kier alpha value is -2.43. The van der Waals surface area contributed by atoms with Crippen molar-refractivity contribution in [3.05, 3.63) is 53.1 Å². The first-order valence-corrected chi connectivity index (χ1v) is 5.81. The van der Waals surface area contributed by atoms with Gasteiger partial charge in [-0.2, -0.15) is 0 Å². The van der Waals surface area contributed by atoms with Crippen LogP contribution in [0.5, 0.6) is 5.75 Å². The summed E-state index contributed by atoms with van der Waals surface area (Å²) < 4.78 is 5.68. The molecule has 2 aromatic rings. The van der Waals surface area contributed by atoms with Crippen molar-refractivity contribution in [2.45, 2.75) is 20.5 Å². The van der Waals surface area contributed by atoms with E-state index in [0.29, 0.717) is 5.82 Å². The van der Waals surface area contributed by atoms with Gasteiger partial charge in [-0.3, -0.25) is 0 Å². The summed E-state index contributed by atoms with van der Waals surface area (Å²) in [4.78, 5) is 18.6. The molecular formula is C14H14N2O3. The molecule has 19 heavy (non-hydrogen) atoms. The van der Waals surface area contributed by atoms with Crippen LogP contribution < -0.4 is 4.74 Å². The molecule has 0 fully saturated rings. The third kappa shape index (κ3) is 3.07. The first-order chi connectivity index (χ1) is 9.08. The lowest BCUT2D eigenvalue weighted by molar-refractivity contribution is 0.0695. The number of ether oxygens (including phenoxy) is 1. The van der Waals surface area contributed by atoms with Crippen LogP contribution in [0.3, 0.4) is 0 Å². The quantitative estimate of drug-likeness (QED) is 0.911. The van der Waals surface area contributed by atoms with Gasteiger partial charge in [-0.05, 0) is 25.0 Å². The Morgan fingerprint density at radius 2 is 1.79 bits per heavy atom. The fraction of sp³-hybridized carbons (Fsp3) is 0.214. The Morgan fingerprint density at radius 3 is 2.32 bits per heavy atom. The molecule has 0 aliphatic rings. The van der Waals surface area contributed by atoms with Crippen molar-refractivity contribution < 1.29 is 14.6 Å². The highest BCUT2D eigenvalue weighted by Crippen LogP contribution is 2.22. The summed E-state index contributed by atoms with van der Waals surface area (Å²) in [5.41, 5.74) is 2.15. The van der Waals surface area contributed by atoms with Crippen LogP contribution in [-0.2, 0) is 6.61 Å². The molecule has 0 bridgehead atoms. The fourth-order valence-corrected chi connectivity index (χ4v) is 1.70. The third-order valence-electron chi connectivity index (χ3n) is 2.71. The van der Waals surface area contributed by atoms with Gasteiger partial charge in [0.1, 0.15) is 12.4 Å². The molecule has 0 unspecified atom stereocenters. The highest BCUT2D eigenvalue weighted by molar-refractivity contribution is 5.86. The molecule has 0 saturated heterocycles. The van der Waals surface area contributed by atoms with Crippen LogP contribution in [0.1, 0.15) is 27.3 Å². The van der Waals surface area contributed by atoms with Crippen molar-refractivity contribution >= 4 is 5.97 Å². The monoisotopic (exact) mass is 258 g/mol. The normalized spacial score (nSPS) is 10.2. The second-order valence-corrected chi connectivity index (χ2v) is 4.20. The smallest absolute Gasteiger partial charge is 0.338 e. The second kappa shape index (κ2) is 5.48. The second-order valence-electron chi connectivity index (χ2n) is 4.20. The van der Waals surface area contributed by atoms with E-state index in [-0.39, 0.29) is 12.2 Å². The lowest BCUT2D eigenvalue weighted by Gasteiger charge is -2.10. The van der Waals surface area contributed by atoms with Gasteiger partial charge < -0.3 is 9.84 Å². The molecule has 0 amide bonds. The summed E-state index contributed by atoms with van der Waals surface area (Å²) in [6.07, 6.45) is 2.55. The molecule has 1 aromatic heterocycles. The molecule has 0 spiro atoms. The zero-order valence-electron chi connectivity index (χ0n) is 10.8. The van der Waals surface area contributed by atoms with Gasteiger partial charge in [-0.15, -0.1) is 0 Å². The van der Waals surface area contributed by atoms with Crippen molar-refractivity contribution in [2.24, 2.45) is 0 Å². The Kier molecular flexibility index (Phi) is 3.75. The van der Waals surface area contributed by atoms with Gasteiger partial charge in [0.15, 0.2) is 5.82 Å². The number of para-hydroxylation sites is 1. The van der Waals surface area contributed by atoms with E-state index >= 15 is 0 Å². The largest absolute Gasteiger partial charge is 0.485 e. The van der Waals surface area contributed by atoms with Crippen molar-refractivity contribution in [2.75, 3.05) is 0 Å². The van der Waals surface area contributed by atoms with E-state index in [9.17, 15) is 4.79 Å². The summed E-state index contributed by atoms with van der Waals surface area (Å²) in [6.45, 7) is 4.15. The maximum absolute atomic E-state index is 10.7. The number of hydrogen-bond donors (Lipinski definition) is 1. The first kappa shape index (κ1) is 13.0. The van der Waals surface area contributed by atoms with Crippen LogP contribution in [0.15, 0.2) is 30.6 Å². The van der Waals surface area contributed by atoms with Gasteiger partial charge in [-0.1, -0.05) is 18.2 Å². The lowest BCUT2D eigenvalue weighted by atomic mass is 10.1. The van der Waals surface area contributed by atoms with Gasteiger partial charge in [-0.25, -0.2) is 14.8 Å². The van der Waals surface area contributed by atoms with Crippen LogP contribution in [0.2, 0.25) is 0 Å². The van der Waals surface area contributed by atoms with Crippen LogP contribution >= 0.6 is 0 Å². The maximum Gasteiger partial charge on any atom is 0.338 e. The minimum Gasteiger partial charge on any atom is -0.485 e. The number of aromatic nitrogens is 2. The number of carbonyl (C=O) groups is 1. The Morgan fingerprint density at radius 1 is 1.21 bits per heavy atom. The standard InChI is InChI=1S/C14H14N2O3/c1-9-4-3-5-10(2)13(9)19-8-12-15-6-11(7-16-12)14(17)18/h3-7H,8H2,1-2H3,(H,17,18). The zero-order valence-corrected chi connectivity index (χ0v) is 10.8. The number of benzene rings is 1. The first-order valence-electron chi connectivity index (χ1n) is 5.81. The third-order valence-corrected chi connectivity index (χ3v) is 2.71. The van der Waals surface area contributed by atoms with E-state index in [4.69, 9.17) is 9.84 Å². The van der Waals surface area contributed by atoms with Crippen LogP contribution in [-0.4, -0.2) is 21.0 Å². The molecule has 1 N–H and O–H groups in total. The summed E-state index contributed by atoms with van der Waals surface area (Å²) in [6, 6.07) is 5.91. The molecule has 0 radical (unpaired) electrons. The predicted molar refractivity (Wildman–Crippen MR) is 69.2 cm³/mol. The van der Waals surface area contributed by atoms with E-state index < -0.39 is 5.97 Å². The maximum atomic E-state index is 10.7. The van der Waals surface area contributed by atoms with E-state index in [1.165, 1.54) is 12.4 Å². The van der Waals surface area contributed by atoms with Gasteiger partial charge in [0, 0.05) is 12.4 Å². The van der Waals surface area contributed by atoms with Crippen LogP contribution in [0, 0.1) is 13.8 Å². The Bertz CT molecular complexity index is 574. The van der Waals surface area contributed by atoms with E-state index in [1.807, 2.05) is 32.0 Å². The lowest BCUT2D eigenvalue weighted by Crippen LogP contribution is -2.05. The van der Waals surface area contributed by atoms with Gasteiger partial charge in [0.25, 0.3) is 0 Å². The van der Waals surface area contributed by atoms with Crippen LogP contribution in [0.4, 0.5) is 0 Å². The molecule has 5 nitrogen and oxygen atoms in total. The Labute approximate surface area is 110 Å². The number of nitrogens with zero attached hydrogens (tertiary/aromatic N) is 2. The average molecular weight is 258 g/mol. The average Bonchev–Trinajstić information content (AvgIpc) is 2.38. The van der Waals surface area contributed by atoms with Gasteiger partial charge >= 0.3 is 5.97 Å². The number of carboxylic acid groups (broad SMARTS) is 1. The van der Waals surface area contributed by atoms with Crippen molar-refractivity contribution in [1.82, 2.24) is 9.97 Å². The summed E-state index contributed by atoms with van der Waals surface area (Å²) in [7, 11) is 0. The molecule has 0 aliphatic carbocycles.